The first-order valence-corrected chi connectivity index (χ1v) is 9.70. The molecule has 0 saturated heterocycles. The number of ether oxygens (including phenoxy) is 2. The number of benzene rings is 1. The number of furan rings is 1. The van der Waals surface area contributed by atoms with Crippen molar-refractivity contribution in [2.24, 2.45) is 0 Å². The first-order valence-electron chi connectivity index (χ1n) is 9.70. The molecule has 0 amide bonds. The topological polar surface area (TPSA) is 121 Å². The summed E-state index contributed by atoms with van der Waals surface area (Å²) in [5, 5.41) is 14.3. The number of hydrogen-bond donors (Lipinski definition) is 1. The minimum absolute atomic E-state index is 0.0152. The monoisotopic (exact) mass is 438 g/mol. The maximum atomic E-state index is 13.1. The number of nitro benzene ring substituents is 1. The van der Waals surface area contributed by atoms with E-state index in [-0.39, 0.29) is 23.4 Å². The standard InChI is InChI=1S/C23H22N2O7/c1-14-19(22(26)30-3)21(17-7-4-8-18(12-17)25(28)29)20(15(2)24-14)23(27)32-10-5-6-16-9-11-31-13-16/h4-9,11-13,21,24H,10H2,1-3H3. The SMILES string of the molecule is COC(=O)C1=C(C)NC(C)=C(C(=O)OCC=Cc2ccoc2)C1c1cccc([N+](=O)[O-])c1. The molecular weight excluding hydrogens is 416 g/mol. The van der Waals surface area contributed by atoms with Gasteiger partial charge in [-0.1, -0.05) is 18.2 Å². The van der Waals surface area contributed by atoms with Gasteiger partial charge in [-0.05, 0) is 31.6 Å². The van der Waals surface area contributed by atoms with Gasteiger partial charge in [-0.2, -0.15) is 0 Å². The molecule has 9 heteroatoms. The zero-order valence-corrected chi connectivity index (χ0v) is 17.8. The van der Waals surface area contributed by atoms with Crippen LogP contribution in [-0.2, 0) is 19.1 Å². The van der Waals surface area contributed by atoms with Gasteiger partial charge in [0.15, 0.2) is 0 Å². The Morgan fingerprint density at radius 2 is 1.91 bits per heavy atom. The number of carbonyl (C=O) groups is 2. The first-order chi connectivity index (χ1) is 15.3. The van der Waals surface area contributed by atoms with Crippen molar-refractivity contribution in [3.63, 3.8) is 0 Å². The molecule has 0 fully saturated rings. The van der Waals surface area contributed by atoms with E-state index in [1.165, 1.54) is 31.6 Å². The molecule has 1 aromatic heterocycles. The van der Waals surface area contributed by atoms with Gasteiger partial charge in [0.05, 0.1) is 41.6 Å². The highest BCUT2D eigenvalue weighted by Crippen LogP contribution is 2.40. The summed E-state index contributed by atoms with van der Waals surface area (Å²) in [6, 6.07) is 7.56. The van der Waals surface area contributed by atoms with Crippen LogP contribution in [0.3, 0.4) is 0 Å². The minimum Gasteiger partial charge on any atom is -0.472 e. The molecule has 0 bridgehead atoms. The van der Waals surface area contributed by atoms with Gasteiger partial charge in [0, 0.05) is 29.1 Å². The van der Waals surface area contributed by atoms with Crippen molar-refractivity contribution in [3.8, 4) is 0 Å². The van der Waals surface area contributed by atoms with E-state index in [0.29, 0.717) is 17.0 Å². The zero-order chi connectivity index (χ0) is 23.3. The number of rotatable bonds is 7. The van der Waals surface area contributed by atoms with Crippen molar-refractivity contribution < 1.29 is 28.4 Å². The molecule has 1 unspecified atom stereocenters. The number of carbonyl (C=O) groups excluding carboxylic acids is 2. The summed E-state index contributed by atoms with van der Waals surface area (Å²) >= 11 is 0. The van der Waals surface area contributed by atoms with Gasteiger partial charge in [-0.3, -0.25) is 10.1 Å². The Morgan fingerprint density at radius 1 is 1.19 bits per heavy atom. The first kappa shape index (κ1) is 22.5. The van der Waals surface area contributed by atoms with Gasteiger partial charge in [-0.15, -0.1) is 0 Å². The molecule has 0 saturated carbocycles. The van der Waals surface area contributed by atoms with Gasteiger partial charge in [0.1, 0.15) is 6.61 Å². The number of allylic oxidation sites excluding steroid dienone is 2. The van der Waals surface area contributed by atoms with Crippen LogP contribution >= 0.6 is 0 Å². The summed E-state index contributed by atoms with van der Waals surface area (Å²) in [6.45, 7) is 3.34. The second kappa shape index (κ2) is 9.78. The van der Waals surface area contributed by atoms with E-state index in [2.05, 4.69) is 5.32 Å². The Hall–Kier alpha value is -4.14. The number of esters is 2. The lowest BCUT2D eigenvalue weighted by Gasteiger charge is -2.30. The molecule has 2 heterocycles. The molecule has 2 aromatic rings. The summed E-state index contributed by atoms with van der Waals surface area (Å²) in [4.78, 5) is 36.4. The van der Waals surface area contributed by atoms with Crippen LogP contribution in [0, 0.1) is 10.1 Å². The van der Waals surface area contributed by atoms with Crippen LogP contribution in [-0.4, -0.2) is 30.6 Å². The molecule has 9 nitrogen and oxygen atoms in total. The van der Waals surface area contributed by atoms with Crippen LogP contribution in [0.2, 0.25) is 0 Å². The number of dihydropyridines is 1. The van der Waals surface area contributed by atoms with Crippen LogP contribution in [0.1, 0.15) is 30.9 Å². The van der Waals surface area contributed by atoms with Crippen LogP contribution in [0.5, 0.6) is 0 Å². The third-order valence-corrected chi connectivity index (χ3v) is 4.96. The van der Waals surface area contributed by atoms with Crippen LogP contribution in [0.4, 0.5) is 5.69 Å². The van der Waals surface area contributed by atoms with Gasteiger partial charge in [0.25, 0.3) is 5.69 Å². The fourth-order valence-corrected chi connectivity index (χ4v) is 3.55. The highest BCUT2D eigenvalue weighted by molar-refractivity contribution is 5.99. The zero-order valence-electron chi connectivity index (χ0n) is 17.8. The maximum absolute atomic E-state index is 13.1. The summed E-state index contributed by atoms with van der Waals surface area (Å²) in [5.41, 5.74) is 2.39. The highest BCUT2D eigenvalue weighted by atomic mass is 16.6. The number of methoxy groups -OCH3 is 1. The normalized spacial score (nSPS) is 16.2. The van der Waals surface area contributed by atoms with Crippen LogP contribution in [0.15, 0.2) is 75.9 Å². The number of nitrogens with one attached hydrogen (secondary N) is 1. The predicted octanol–water partition coefficient (Wildman–Crippen LogP) is 3.85. The Kier molecular flexibility index (Phi) is 6.89. The quantitative estimate of drug-likeness (QED) is 0.393. The van der Waals surface area contributed by atoms with Gasteiger partial charge >= 0.3 is 11.9 Å². The minimum atomic E-state index is -0.894. The van der Waals surface area contributed by atoms with E-state index < -0.39 is 22.8 Å². The molecule has 166 valence electrons. The van der Waals surface area contributed by atoms with Crippen molar-refractivity contribution in [3.05, 3.63) is 92.7 Å². The third kappa shape index (κ3) is 4.77. The van der Waals surface area contributed by atoms with Crippen LogP contribution < -0.4 is 5.32 Å². The fourth-order valence-electron chi connectivity index (χ4n) is 3.55. The van der Waals surface area contributed by atoms with E-state index in [1.807, 2.05) is 0 Å². The van der Waals surface area contributed by atoms with E-state index in [0.717, 1.165) is 5.56 Å². The van der Waals surface area contributed by atoms with Gasteiger partial charge in [-0.25, -0.2) is 9.59 Å². The smallest absolute Gasteiger partial charge is 0.337 e. The lowest BCUT2D eigenvalue weighted by atomic mass is 9.80. The van der Waals surface area contributed by atoms with E-state index >= 15 is 0 Å². The van der Waals surface area contributed by atoms with Crippen molar-refractivity contribution >= 4 is 23.7 Å². The summed E-state index contributed by atoms with van der Waals surface area (Å²) in [6.07, 6.45) is 6.46. The molecule has 32 heavy (non-hydrogen) atoms. The van der Waals surface area contributed by atoms with Crippen LogP contribution in [0.25, 0.3) is 6.08 Å². The van der Waals surface area contributed by atoms with Crippen molar-refractivity contribution in [1.82, 2.24) is 5.32 Å². The molecule has 0 radical (unpaired) electrons. The fraction of sp³-hybridized carbons (Fsp3) is 0.217. The maximum Gasteiger partial charge on any atom is 0.337 e. The van der Waals surface area contributed by atoms with Gasteiger partial charge < -0.3 is 19.2 Å². The van der Waals surface area contributed by atoms with E-state index in [9.17, 15) is 19.7 Å². The molecule has 3 rings (SSSR count). The number of non-ortho nitro benzene ring substituents is 1. The number of nitro groups is 1. The molecule has 1 N–H and O–H groups in total. The van der Waals surface area contributed by atoms with Crippen molar-refractivity contribution in [2.45, 2.75) is 19.8 Å². The Bertz CT molecular complexity index is 1130. The van der Waals surface area contributed by atoms with E-state index in [1.54, 1.807) is 44.4 Å². The van der Waals surface area contributed by atoms with E-state index in [4.69, 9.17) is 13.9 Å². The molecule has 1 aromatic carbocycles. The lowest BCUT2D eigenvalue weighted by molar-refractivity contribution is -0.384. The molecule has 0 spiro atoms. The molecule has 1 aliphatic rings. The Morgan fingerprint density at radius 3 is 2.53 bits per heavy atom. The van der Waals surface area contributed by atoms with Crippen molar-refractivity contribution in [1.29, 1.82) is 0 Å². The molecular formula is C23H22N2O7. The van der Waals surface area contributed by atoms with Crippen molar-refractivity contribution in [2.75, 3.05) is 13.7 Å². The average molecular weight is 438 g/mol. The molecule has 1 atom stereocenters. The second-order valence-electron chi connectivity index (χ2n) is 7.04. The van der Waals surface area contributed by atoms with Gasteiger partial charge in [0.2, 0.25) is 0 Å². The largest absolute Gasteiger partial charge is 0.472 e. The number of nitrogens with zero attached hydrogens (tertiary/aromatic N) is 1. The molecule has 0 aliphatic carbocycles. The summed E-state index contributed by atoms with van der Waals surface area (Å²) < 4.78 is 15.3. The highest BCUT2D eigenvalue weighted by Gasteiger charge is 2.38. The predicted molar refractivity (Wildman–Crippen MR) is 115 cm³/mol. The lowest BCUT2D eigenvalue weighted by Crippen LogP contribution is -2.32. The number of hydrogen-bond acceptors (Lipinski definition) is 8. The summed E-state index contributed by atoms with van der Waals surface area (Å²) in [7, 11) is 1.23. The summed E-state index contributed by atoms with van der Waals surface area (Å²) in [5.74, 6) is -2.20. The third-order valence-electron chi connectivity index (χ3n) is 4.96. The molecule has 1 aliphatic heterocycles. The second-order valence-corrected chi connectivity index (χ2v) is 7.04. The average Bonchev–Trinajstić information content (AvgIpc) is 3.29. The Labute approximate surface area is 184 Å². The Balaban J connectivity index is 1.96.